The van der Waals surface area contributed by atoms with Gasteiger partial charge in [-0.25, -0.2) is 0 Å². The van der Waals surface area contributed by atoms with Crippen LogP contribution < -0.4 is 0 Å². The molecule has 0 amide bonds. The SMILES string of the molecule is CC1CCC(C)(C(C)(C)CCO)O1. The maximum absolute atomic E-state index is 8.99. The number of ether oxygens (including phenoxy) is 1. The van der Waals surface area contributed by atoms with E-state index in [1.54, 1.807) is 0 Å². The van der Waals surface area contributed by atoms with Crippen LogP contribution in [0.2, 0.25) is 0 Å². The predicted octanol–water partition coefficient (Wildman–Crippen LogP) is 2.35. The number of hydrogen-bond acceptors (Lipinski definition) is 2. The molecule has 1 aliphatic heterocycles. The van der Waals surface area contributed by atoms with E-state index in [4.69, 9.17) is 9.84 Å². The molecule has 0 radical (unpaired) electrons. The zero-order valence-electron chi connectivity index (χ0n) is 9.26. The van der Waals surface area contributed by atoms with Crippen molar-refractivity contribution in [3.63, 3.8) is 0 Å². The van der Waals surface area contributed by atoms with Crippen LogP contribution in [0.4, 0.5) is 0 Å². The molecule has 78 valence electrons. The van der Waals surface area contributed by atoms with E-state index in [0.29, 0.717) is 6.10 Å². The summed E-state index contributed by atoms with van der Waals surface area (Å²) >= 11 is 0. The summed E-state index contributed by atoms with van der Waals surface area (Å²) in [6.07, 6.45) is 3.45. The van der Waals surface area contributed by atoms with Crippen LogP contribution in [-0.4, -0.2) is 23.4 Å². The van der Waals surface area contributed by atoms with E-state index in [2.05, 4.69) is 27.7 Å². The second kappa shape index (κ2) is 3.58. The third-order valence-electron chi connectivity index (χ3n) is 3.66. The fourth-order valence-corrected chi connectivity index (χ4v) is 2.08. The predicted molar refractivity (Wildman–Crippen MR) is 53.7 cm³/mol. The van der Waals surface area contributed by atoms with Gasteiger partial charge in [-0.05, 0) is 38.5 Å². The third-order valence-corrected chi connectivity index (χ3v) is 3.66. The molecule has 0 bridgehead atoms. The lowest BCUT2D eigenvalue weighted by atomic mass is 9.72. The molecule has 1 saturated heterocycles. The number of hydrogen-bond donors (Lipinski definition) is 1. The van der Waals surface area contributed by atoms with E-state index in [0.717, 1.165) is 19.3 Å². The van der Waals surface area contributed by atoms with Crippen molar-refractivity contribution in [1.82, 2.24) is 0 Å². The van der Waals surface area contributed by atoms with Crippen LogP contribution in [-0.2, 0) is 4.74 Å². The van der Waals surface area contributed by atoms with Crippen molar-refractivity contribution in [3.05, 3.63) is 0 Å². The standard InChI is InChI=1S/C11H22O2/c1-9-5-6-11(4,13-9)10(2,3)7-8-12/h9,12H,5-8H2,1-4H3. The Morgan fingerprint density at radius 2 is 2.15 bits per heavy atom. The summed E-state index contributed by atoms with van der Waals surface area (Å²) in [5.41, 5.74) is 0.0294. The van der Waals surface area contributed by atoms with Gasteiger partial charge in [0.15, 0.2) is 0 Å². The van der Waals surface area contributed by atoms with Crippen molar-refractivity contribution in [2.45, 2.75) is 58.7 Å². The summed E-state index contributed by atoms with van der Waals surface area (Å²) in [5.74, 6) is 0. The summed E-state index contributed by atoms with van der Waals surface area (Å²) < 4.78 is 5.96. The molecule has 1 N–H and O–H groups in total. The van der Waals surface area contributed by atoms with Gasteiger partial charge < -0.3 is 9.84 Å². The zero-order chi connectivity index (χ0) is 10.1. The van der Waals surface area contributed by atoms with Gasteiger partial charge in [0.05, 0.1) is 11.7 Å². The van der Waals surface area contributed by atoms with Crippen molar-refractivity contribution in [2.75, 3.05) is 6.61 Å². The largest absolute Gasteiger partial charge is 0.396 e. The van der Waals surface area contributed by atoms with E-state index in [1.807, 2.05) is 0 Å². The summed E-state index contributed by atoms with van der Waals surface area (Å²) in [4.78, 5) is 0. The highest BCUT2D eigenvalue weighted by atomic mass is 16.5. The monoisotopic (exact) mass is 186 g/mol. The van der Waals surface area contributed by atoms with Crippen LogP contribution >= 0.6 is 0 Å². The van der Waals surface area contributed by atoms with Crippen molar-refractivity contribution in [1.29, 1.82) is 0 Å². The molecule has 2 heteroatoms. The minimum absolute atomic E-state index is 0.0465. The van der Waals surface area contributed by atoms with E-state index < -0.39 is 0 Å². The molecule has 0 aromatic heterocycles. The normalized spacial score (nSPS) is 35.3. The quantitative estimate of drug-likeness (QED) is 0.733. The second-order valence-electron chi connectivity index (χ2n) is 5.06. The minimum Gasteiger partial charge on any atom is -0.396 e. The molecule has 2 unspecified atom stereocenters. The smallest absolute Gasteiger partial charge is 0.0710 e. The average molecular weight is 186 g/mol. The molecule has 2 nitrogen and oxygen atoms in total. The average Bonchev–Trinajstić information content (AvgIpc) is 2.32. The molecule has 0 saturated carbocycles. The molecule has 0 aromatic carbocycles. The molecular formula is C11H22O2. The Morgan fingerprint density at radius 1 is 1.54 bits per heavy atom. The van der Waals surface area contributed by atoms with Crippen molar-refractivity contribution < 1.29 is 9.84 Å². The molecule has 1 aliphatic rings. The van der Waals surface area contributed by atoms with E-state index in [-0.39, 0.29) is 17.6 Å². The number of rotatable bonds is 3. The summed E-state index contributed by atoms with van der Waals surface area (Å²) in [6.45, 7) is 8.91. The fraction of sp³-hybridized carbons (Fsp3) is 1.00. The first-order valence-electron chi connectivity index (χ1n) is 5.20. The lowest BCUT2D eigenvalue weighted by Gasteiger charge is -2.41. The van der Waals surface area contributed by atoms with Gasteiger partial charge in [0.1, 0.15) is 0 Å². The van der Waals surface area contributed by atoms with Gasteiger partial charge in [0, 0.05) is 6.61 Å². The van der Waals surface area contributed by atoms with Crippen molar-refractivity contribution in [3.8, 4) is 0 Å². The van der Waals surface area contributed by atoms with Gasteiger partial charge in [-0.15, -0.1) is 0 Å². The summed E-state index contributed by atoms with van der Waals surface area (Å²) in [6, 6.07) is 0. The van der Waals surface area contributed by atoms with Gasteiger partial charge in [-0.1, -0.05) is 13.8 Å². The lowest BCUT2D eigenvalue weighted by Crippen LogP contribution is -2.42. The van der Waals surface area contributed by atoms with E-state index >= 15 is 0 Å². The molecule has 1 fully saturated rings. The second-order valence-corrected chi connectivity index (χ2v) is 5.06. The molecule has 0 aliphatic carbocycles. The zero-order valence-corrected chi connectivity index (χ0v) is 9.26. The molecule has 1 heterocycles. The van der Waals surface area contributed by atoms with Gasteiger partial charge >= 0.3 is 0 Å². The third kappa shape index (κ3) is 2.05. The Hall–Kier alpha value is -0.0800. The topological polar surface area (TPSA) is 29.5 Å². The summed E-state index contributed by atoms with van der Waals surface area (Å²) in [7, 11) is 0. The van der Waals surface area contributed by atoms with Crippen LogP contribution in [0.3, 0.4) is 0 Å². The van der Waals surface area contributed by atoms with Gasteiger partial charge in [0.2, 0.25) is 0 Å². The first-order chi connectivity index (χ1) is 5.91. The van der Waals surface area contributed by atoms with Crippen LogP contribution in [0.5, 0.6) is 0 Å². The maximum atomic E-state index is 8.99. The molecule has 13 heavy (non-hydrogen) atoms. The summed E-state index contributed by atoms with van der Waals surface area (Å²) in [5, 5.41) is 8.99. The fourth-order valence-electron chi connectivity index (χ4n) is 2.08. The molecule has 0 spiro atoms. The first kappa shape index (κ1) is 11.0. The van der Waals surface area contributed by atoms with Crippen LogP contribution in [0.15, 0.2) is 0 Å². The number of aliphatic hydroxyl groups is 1. The Bertz CT molecular complexity index is 177. The first-order valence-corrected chi connectivity index (χ1v) is 5.20. The van der Waals surface area contributed by atoms with E-state index in [1.165, 1.54) is 0 Å². The van der Waals surface area contributed by atoms with Crippen LogP contribution in [0.25, 0.3) is 0 Å². The highest BCUT2D eigenvalue weighted by Crippen LogP contribution is 2.45. The van der Waals surface area contributed by atoms with Gasteiger partial charge in [0.25, 0.3) is 0 Å². The van der Waals surface area contributed by atoms with Gasteiger partial charge in [-0.3, -0.25) is 0 Å². The lowest BCUT2D eigenvalue weighted by molar-refractivity contribution is -0.104. The highest BCUT2D eigenvalue weighted by Gasteiger charge is 2.45. The van der Waals surface area contributed by atoms with Crippen molar-refractivity contribution >= 4 is 0 Å². The minimum atomic E-state index is -0.0465. The Balaban J connectivity index is 2.68. The van der Waals surface area contributed by atoms with Gasteiger partial charge in [-0.2, -0.15) is 0 Å². The molecule has 1 rings (SSSR count). The maximum Gasteiger partial charge on any atom is 0.0710 e. The molecular weight excluding hydrogens is 164 g/mol. The van der Waals surface area contributed by atoms with Crippen LogP contribution in [0, 0.1) is 5.41 Å². The van der Waals surface area contributed by atoms with Crippen LogP contribution in [0.1, 0.15) is 47.0 Å². The Labute approximate surface area is 81.3 Å². The Morgan fingerprint density at radius 3 is 2.54 bits per heavy atom. The van der Waals surface area contributed by atoms with Crippen molar-refractivity contribution in [2.24, 2.45) is 5.41 Å². The molecule has 0 aromatic rings. The molecule has 2 atom stereocenters. The Kier molecular flexibility index (Phi) is 3.03. The number of aliphatic hydroxyl groups excluding tert-OH is 1. The van der Waals surface area contributed by atoms with E-state index in [9.17, 15) is 0 Å². The highest BCUT2D eigenvalue weighted by molar-refractivity contribution is 4.95.